The Labute approximate surface area is 169 Å². The number of nitrogens with one attached hydrogen (secondary N) is 2. The first-order chi connectivity index (χ1) is 14.1. The number of Topliss-reactive ketones (excluding diaryl/α,β-unsaturated/α-hetero) is 1. The smallest absolute Gasteiger partial charge is 0.269 e. The lowest BCUT2D eigenvalue weighted by molar-refractivity contribution is 0.0948. The van der Waals surface area contributed by atoms with Crippen LogP contribution in [0.2, 0.25) is 0 Å². The minimum Gasteiger partial charge on any atom is -0.496 e. The molecule has 0 atom stereocenters. The number of ketones is 1. The predicted octanol–water partition coefficient (Wildman–Crippen LogP) is 4.01. The molecule has 3 aromatic rings. The molecule has 0 saturated carbocycles. The van der Waals surface area contributed by atoms with E-state index in [4.69, 9.17) is 4.74 Å². The topological polar surface area (TPSA) is 80.3 Å². The molecule has 2 aromatic carbocycles. The normalized spacial score (nSPS) is 10.3. The first-order valence-corrected chi connectivity index (χ1v) is 9.31. The number of amides is 1. The first-order valence-electron chi connectivity index (χ1n) is 9.31. The quantitative estimate of drug-likeness (QED) is 0.569. The third-order valence-electron chi connectivity index (χ3n) is 4.42. The zero-order valence-corrected chi connectivity index (χ0v) is 16.4. The van der Waals surface area contributed by atoms with Gasteiger partial charge in [0.1, 0.15) is 11.4 Å². The van der Waals surface area contributed by atoms with E-state index in [0.29, 0.717) is 24.2 Å². The lowest BCUT2D eigenvalue weighted by Gasteiger charge is -2.10. The van der Waals surface area contributed by atoms with E-state index in [-0.39, 0.29) is 11.7 Å². The van der Waals surface area contributed by atoms with Crippen LogP contribution < -0.4 is 15.4 Å². The summed E-state index contributed by atoms with van der Waals surface area (Å²) in [5.74, 6) is 0.554. The minimum absolute atomic E-state index is 0.00140. The summed E-state index contributed by atoms with van der Waals surface area (Å²) in [5, 5.41) is 6.09. The number of nitrogens with zero attached hydrogens (tertiary/aromatic N) is 1. The van der Waals surface area contributed by atoms with Gasteiger partial charge in [0.05, 0.1) is 7.11 Å². The van der Waals surface area contributed by atoms with Crippen molar-refractivity contribution in [3.8, 4) is 5.75 Å². The molecular formula is C23H23N3O3. The Kier molecular flexibility index (Phi) is 6.58. The van der Waals surface area contributed by atoms with Crippen LogP contribution in [-0.4, -0.2) is 30.3 Å². The highest BCUT2D eigenvalue weighted by atomic mass is 16.5. The summed E-state index contributed by atoms with van der Waals surface area (Å²) in [5.41, 5.74) is 3.46. The largest absolute Gasteiger partial charge is 0.496 e. The maximum absolute atomic E-state index is 12.5. The second kappa shape index (κ2) is 9.50. The second-order valence-corrected chi connectivity index (χ2v) is 6.51. The standard InChI is InChI=1S/C23H23N3O3/c1-16(27)18-7-5-8-19(14-18)26-20-11-13-24-21(15-20)23(28)25-12-10-17-6-3-4-9-22(17)29-2/h3-9,11,13-15H,10,12H2,1-2H3,(H,24,26)(H,25,28). The molecule has 0 bridgehead atoms. The highest BCUT2D eigenvalue weighted by Gasteiger charge is 2.09. The fourth-order valence-electron chi connectivity index (χ4n) is 2.93. The van der Waals surface area contributed by atoms with Crippen LogP contribution in [0.4, 0.5) is 11.4 Å². The van der Waals surface area contributed by atoms with Crippen molar-refractivity contribution >= 4 is 23.1 Å². The Balaban J connectivity index is 1.62. The molecule has 0 aliphatic heterocycles. The third kappa shape index (κ3) is 5.42. The van der Waals surface area contributed by atoms with Crippen molar-refractivity contribution in [1.29, 1.82) is 0 Å². The summed E-state index contributed by atoms with van der Waals surface area (Å²) in [7, 11) is 1.63. The van der Waals surface area contributed by atoms with Gasteiger partial charge in [0, 0.05) is 29.7 Å². The molecule has 3 rings (SSSR count). The molecule has 0 spiro atoms. The Morgan fingerprint density at radius 1 is 1.00 bits per heavy atom. The van der Waals surface area contributed by atoms with Crippen molar-refractivity contribution in [2.24, 2.45) is 0 Å². The van der Waals surface area contributed by atoms with Crippen molar-refractivity contribution in [2.45, 2.75) is 13.3 Å². The van der Waals surface area contributed by atoms with E-state index >= 15 is 0 Å². The average Bonchev–Trinajstić information content (AvgIpc) is 2.74. The number of carbonyl (C=O) groups excluding carboxylic acids is 2. The Bertz CT molecular complexity index is 1020. The molecule has 1 aromatic heterocycles. The van der Waals surface area contributed by atoms with Crippen molar-refractivity contribution < 1.29 is 14.3 Å². The lowest BCUT2D eigenvalue weighted by atomic mass is 10.1. The molecule has 0 aliphatic rings. The number of aromatic nitrogens is 1. The fourth-order valence-corrected chi connectivity index (χ4v) is 2.93. The van der Waals surface area contributed by atoms with Crippen LogP contribution in [0.15, 0.2) is 66.9 Å². The molecule has 6 heteroatoms. The summed E-state index contributed by atoms with van der Waals surface area (Å²) in [6.45, 7) is 2.00. The van der Waals surface area contributed by atoms with Crippen molar-refractivity contribution in [3.63, 3.8) is 0 Å². The van der Waals surface area contributed by atoms with Gasteiger partial charge in [-0.1, -0.05) is 30.3 Å². The van der Waals surface area contributed by atoms with Gasteiger partial charge in [-0.3, -0.25) is 14.6 Å². The summed E-state index contributed by atoms with van der Waals surface area (Å²) in [4.78, 5) is 28.2. The van der Waals surface area contributed by atoms with Crippen molar-refractivity contribution in [1.82, 2.24) is 10.3 Å². The van der Waals surface area contributed by atoms with Crippen LogP contribution in [-0.2, 0) is 6.42 Å². The average molecular weight is 389 g/mol. The number of hydrogen-bond acceptors (Lipinski definition) is 5. The SMILES string of the molecule is COc1ccccc1CCNC(=O)c1cc(Nc2cccc(C(C)=O)c2)ccn1. The van der Waals surface area contributed by atoms with Crippen LogP contribution in [0.1, 0.15) is 33.3 Å². The molecule has 0 saturated heterocycles. The highest BCUT2D eigenvalue weighted by Crippen LogP contribution is 2.19. The van der Waals surface area contributed by atoms with E-state index in [2.05, 4.69) is 15.6 Å². The lowest BCUT2D eigenvalue weighted by Crippen LogP contribution is -2.26. The van der Waals surface area contributed by atoms with Gasteiger partial charge in [0.2, 0.25) is 0 Å². The van der Waals surface area contributed by atoms with Gasteiger partial charge in [0.15, 0.2) is 5.78 Å². The van der Waals surface area contributed by atoms with E-state index in [0.717, 1.165) is 22.7 Å². The number of hydrogen-bond donors (Lipinski definition) is 2. The van der Waals surface area contributed by atoms with Crippen molar-refractivity contribution in [3.05, 3.63) is 83.7 Å². The summed E-state index contributed by atoms with van der Waals surface area (Å²) < 4.78 is 5.33. The van der Waals surface area contributed by atoms with Crippen LogP contribution in [0.25, 0.3) is 0 Å². The van der Waals surface area contributed by atoms with Gasteiger partial charge in [-0.25, -0.2) is 0 Å². The molecule has 29 heavy (non-hydrogen) atoms. The molecule has 0 fully saturated rings. The van der Waals surface area contributed by atoms with E-state index in [1.165, 1.54) is 6.92 Å². The van der Waals surface area contributed by atoms with E-state index in [1.54, 1.807) is 37.6 Å². The number of ether oxygens (including phenoxy) is 1. The monoisotopic (exact) mass is 389 g/mol. The Morgan fingerprint density at radius 2 is 1.79 bits per heavy atom. The van der Waals surface area contributed by atoms with Gasteiger partial charge in [-0.2, -0.15) is 0 Å². The molecule has 0 aliphatic carbocycles. The predicted molar refractivity (Wildman–Crippen MR) is 113 cm³/mol. The van der Waals surface area contributed by atoms with Gasteiger partial charge in [-0.05, 0) is 49.2 Å². The maximum atomic E-state index is 12.5. The number of methoxy groups -OCH3 is 1. The molecule has 1 amide bonds. The van der Waals surface area contributed by atoms with Gasteiger partial charge >= 0.3 is 0 Å². The van der Waals surface area contributed by atoms with Gasteiger partial charge in [-0.15, -0.1) is 0 Å². The summed E-state index contributed by atoms with van der Waals surface area (Å²) in [6, 6.07) is 18.4. The fraction of sp³-hybridized carbons (Fsp3) is 0.174. The number of anilines is 2. The highest BCUT2D eigenvalue weighted by molar-refractivity contribution is 5.95. The molecule has 6 nitrogen and oxygen atoms in total. The number of para-hydroxylation sites is 1. The second-order valence-electron chi connectivity index (χ2n) is 6.51. The third-order valence-corrected chi connectivity index (χ3v) is 4.42. The van der Waals surface area contributed by atoms with Crippen LogP contribution >= 0.6 is 0 Å². The number of benzene rings is 2. The Hall–Kier alpha value is -3.67. The number of pyridine rings is 1. The van der Waals surface area contributed by atoms with Crippen LogP contribution in [0.5, 0.6) is 5.75 Å². The van der Waals surface area contributed by atoms with Crippen molar-refractivity contribution in [2.75, 3.05) is 19.0 Å². The van der Waals surface area contributed by atoms with Crippen LogP contribution in [0, 0.1) is 0 Å². The molecule has 0 radical (unpaired) electrons. The van der Waals surface area contributed by atoms with Gasteiger partial charge < -0.3 is 15.4 Å². The molecule has 1 heterocycles. The minimum atomic E-state index is -0.249. The number of carbonyl (C=O) groups is 2. The number of rotatable bonds is 8. The maximum Gasteiger partial charge on any atom is 0.269 e. The molecule has 0 unspecified atom stereocenters. The first kappa shape index (κ1) is 20.1. The summed E-state index contributed by atoms with van der Waals surface area (Å²) >= 11 is 0. The molecule has 2 N–H and O–H groups in total. The van der Waals surface area contributed by atoms with Crippen LogP contribution in [0.3, 0.4) is 0 Å². The zero-order valence-electron chi connectivity index (χ0n) is 16.4. The van der Waals surface area contributed by atoms with E-state index in [1.807, 2.05) is 36.4 Å². The van der Waals surface area contributed by atoms with Gasteiger partial charge in [0.25, 0.3) is 5.91 Å². The molecule has 148 valence electrons. The Morgan fingerprint density at radius 3 is 2.59 bits per heavy atom. The molecular weight excluding hydrogens is 366 g/mol. The summed E-state index contributed by atoms with van der Waals surface area (Å²) in [6.07, 6.45) is 2.23. The zero-order chi connectivity index (χ0) is 20.6. The van der Waals surface area contributed by atoms with E-state index < -0.39 is 0 Å². The van der Waals surface area contributed by atoms with E-state index in [9.17, 15) is 9.59 Å².